The number of hydrogen-bond donors (Lipinski definition) is 1. The summed E-state index contributed by atoms with van der Waals surface area (Å²) in [5.41, 5.74) is 2.88. The molecule has 1 saturated carbocycles. The van der Waals surface area contributed by atoms with E-state index in [0.717, 1.165) is 23.8 Å². The van der Waals surface area contributed by atoms with Crippen LogP contribution in [-0.4, -0.2) is 17.5 Å². The van der Waals surface area contributed by atoms with Gasteiger partial charge in [-0.2, -0.15) is 11.8 Å². The zero-order valence-corrected chi connectivity index (χ0v) is 14.0. The smallest absolute Gasteiger partial charge is 0.0208 e. The molecule has 0 saturated heterocycles. The predicted octanol–water partition coefficient (Wildman–Crippen LogP) is 4.65. The molecule has 1 nitrogen and oxygen atoms in total. The summed E-state index contributed by atoms with van der Waals surface area (Å²) in [4.78, 5) is 0. The molecule has 0 bridgehead atoms. The Morgan fingerprint density at radius 2 is 1.85 bits per heavy atom. The summed E-state index contributed by atoms with van der Waals surface area (Å²) < 4.78 is 0. The van der Waals surface area contributed by atoms with Gasteiger partial charge in [-0.15, -0.1) is 0 Å². The van der Waals surface area contributed by atoms with E-state index in [4.69, 9.17) is 0 Å². The minimum atomic E-state index is 0.719. The summed E-state index contributed by atoms with van der Waals surface area (Å²) in [7, 11) is 0. The number of benzene rings is 1. The number of rotatable bonds is 6. The van der Waals surface area contributed by atoms with E-state index in [-0.39, 0.29) is 0 Å². The molecule has 1 aliphatic carbocycles. The molecule has 1 aromatic carbocycles. The largest absolute Gasteiger partial charge is 0.310 e. The molecule has 0 radical (unpaired) electrons. The molecule has 0 aromatic heterocycles. The van der Waals surface area contributed by atoms with Gasteiger partial charge >= 0.3 is 0 Å². The summed E-state index contributed by atoms with van der Waals surface area (Å²) >= 11 is 2.04. The molecule has 1 aliphatic rings. The van der Waals surface area contributed by atoms with Crippen molar-refractivity contribution in [3.05, 3.63) is 35.4 Å². The van der Waals surface area contributed by atoms with E-state index in [1.807, 2.05) is 11.8 Å². The molecule has 112 valence electrons. The van der Waals surface area contributed by atoms with Crippen molar-refractivity contribution < 1.29 is 0 Å². The van der Waals surface area contributed by atoms with Gasteiger partial charge in [-0.25, -0.2) is 0 Å². The number of nitrogens with one attached hydrogen (secondary N) is 1. The molecule has 2 unspecified atom stereocenters. The summed E-state index contributed by atoms with van der Waals surface area (Å²) in [6.45, 7) is 5.58. The Morgan fingerprint density at radius 3 is 2.50 bits per heavy atom. The Kier molecular flexibility index (Phi) is 6.44. The van der Waals surface area contributed by atoms with Gasteiger partial charge in [0.1, 0.15) is 0 Å². The lowest BCUT2D eigenvalue weighted by Gasteiger charge is -2.28. The van der Waals surface area contributed by atoms with Crippen LogP contribution in [0.15, 0.2) is 24.3 Å². The highest BCUT2D eigenvalue weighted by Crippen LogP contribution is 2.27. The minimum Gasteiger partial charge on any atom is -0.310 e. The third-order valence-electron chi connectivity index (χ3n) is 4.22. The van der Waals surface area contributed by atoms with Crippen molar-refractivity contribution in [1.29, 1.82) is 0 Å². The fourth-order valence-electron chi connectivity index (χ4n) is 3.07. The van der Waals surface area contributed by atoms with Crippen LogP contribution in [0.3, 0.4) is 0 Å². The highest BCUT2D eigenvalue weighted by molar-refractivity contribution is 7.99. The monoisotopic (exact) mass is 291 g/mol. The highest BCUT2D eigenvalue weighted by Gasteiger charge is 2.20. The maximum Gasteiger partial charge on any atom is 0.0208 e. The Bertz CT molecular complexity index is 385. The van der Waals surface area contributed by atoms with Crippen LogP contribution in [0.25, 0.3) is 0 Å². The van der Waals surface area contributed by atoms with E-state index in [2.05, 4.69) is 49.7 Å². The van der Waals surface area contributed by atoms with Crippen LogP contribution >= 0.6 is 11.8 Å². The second kappa shape index (κ2) is 8.09. The molecule has 0 aliphatic heterocycles. The summed E-state index contributed by atoms with van der Waals surface area (Å²) in [5.74, 6) is 0.740. The Labute approximate surface area is 128 Å². The number of thioether (sulfide) groups is 1. The molecule has 1 fully saturated rings. The summed E-state index contributed by atoms with van der Waals surface area (Å²) in [6.07, 6.45) is 8.92. The topological polar surface area (TPSA) is 12.0 Å². The lowest BCUT2D eigenvalue weighted by molar-refractivity contribution is 0.380. The second-order valence-electron chi connectivity index (χ2n) is 6.52. The number of hydrogen-bond acceptors (Lipinski definition) is 2. The first-order valence-electron chi connectivity index (χ1n) is 8.01. The lowest BCUT2D eigenvalue weighted by atomic mass is 9.94. The average molecular weight is 292 g/mol. The zero-order valence-electron chi connectivity index (χ0n) is 13.2. The van der Waals surface area contributed by atoms with Crippen molar-refractivity contribution >= 4 is 11.8 Å². The predicted molar refractivity (Wildman–Crippen MR) is 91.4 cm³/mol. The average Bonchev–Trinajstić information content (AvgIpc) is 2.46. The second-order valence-corrected chi connectivity index (χ2v) is 7.65. The van der Waals surface area contributed by atoms with E-state index >= 15 is 0 Å². The third-order valence-corrected chi connectivity index (χ3v) is 5.32. The summed E-state index contributed by atoms with van der Waals surface area (Å²) in [6, 6.07) is 9.89. The van der Waals surface area contributed by atoms with Crippen LogP contribution in [0, 0.1) is 5.92 Å². The Hall–Kier alpha value is -0.470. The maximum atomic E-state index is 3.75. The fourth-order valence-corrected chi connectivity index (χ4v) is 3.90. The van der Waals surface area contributed by atoms with Crippen molar-refractivity contribution in [2.45, 2.75) is 63.8 Å². The zero-order chi connectivity index (χ0) is 14.4. The van der Waals surface area contributed by atoms with Crippen LogP contribution in [0.1, 0.15) is 50.7 Å². The van der Waals surface area contributed by atoms with Crippen LogP contribution in [0.4, 0.5) is 0 Å². The third kappa shape index (κ3) is 5.14. The molecule has 0 heterocycles. The van der Waals surface area contributed by atoms with E-state index in [9.17, 15) is 0 Å². The quantitative estimate of drug-likeness (QED) is 0.819. The fraction of sp³-hybridized carbons (Fsp3) is 0.667. The highest BCUT2D eigenvalue weighted by atomic mass is 32.2. The maximum absolute atomic E-state index is 3.75. The first-order chi connectivity index (χ1) is 9.67. The minimum absolute atomic E-state index is 0.719. The first kappa shape index (κ1) is 15.9. The van der Waals surface area contributed by atoms with Gasteiger partial charge in [-0.1, -0.05) is 44.5 Å². The van der Waals surface area contributed by atoms with E-state index in [0.29, 0.717) is 0 Å². The molecular formula is C18H29NS. The van der Waals surface area contributed by atoms with Crippen LogP contribution in [0.2, 0.25) is 0 Å². The molecule has 2 atom stereocenters. The lowest BCUT2D eigenvalue weighted by Crippen LogP contribution is -2.34. The van der Waals surface area contributed by atoms with Crippen molar-refractivity contribution in [3.8, 4) is 0 Å². The Morgan fingerprint density at radius 1 is 1.15 bits per heavy atom. The van der Waals surface area contributed by atoms with Gasteiger partial charge in [-0.3, -0.25) is 0 Å². The van der Waals surface area contributed by atoms with Gasteiger partial charge in [0.2, 0.25) is 0 Å². The van der Waals surface area contributed by atoms with Crippen molar-refractivity contribution in [2.75, 3.05) is 6.26 Å². The molecule has 20 heavy (non-hydrogen) atoms. The van der Waals surface area contributed by atoms with Crippen LogP contribution in [0.5, 0.6) is 0 Å². The molecule has 2 heteroatoms. The van der Waals surface area contributed by atoms with Gasteiger partial charge in [-0.05, 0) is 49.0 Å². The molecule has 0 amide bonds. The van der Waals surface area contributed by atoms with Gasteiger partial charge in [0.25, 0.3) is 0 Å². The van der Waals surface area contributed by atoms with Crippen LogP contribution < -0.4 is 5.32 Å². The van der Waals surface area contributed by atoms with E-state index in [1.54, 1.807) is 0 Å². The molecule has 1 N–H and O–H groups in total. The molecular weight excluding hydrogens is 262 g/mol. The van der Waals surface area contributed by atoms with E-state index in [1.165, 1.54) is 43.2 Å². The molecule has 2 rings (SSSR count). The first-order valence-corrected chi connectivity index (χ1v) is 9.30. The normalized spacial score (nSPS) is 23.2. The summed E-state index contributed by atoms with van der Waals surface area (Å²) in [5, 5.41) is 4.62. The van der Waals surface area contributed by atoms with Crippen molar-refractivity contribution in [1.82, 2.24) is 5.32 Å². The molecule has 0 spiro atoms. The standard InChI is InChI=1S/C18H29NS/c1-14(2)11-15-7-9-16(10-8-15)13-19-17-5-4-6-18(12-17)20-3/h7-10,14,17-19H,4-6,11-13H2,1-3H3. The molecule has 1 aromatic rings. The van der Waals surface area contributed by atoms with Gasteiger partial charge < -0.3 is 5.32 Å². The van der Waals surface area contributed by atoms with Gasteiger partial charge in [0.15, 0.2) is 0 Å². The Balaban J connectivity index is 1.78. The van der Waals surface area contributed by atoms with Crippen molar-refractivity contribution in [2.24, 2.45) is 5.92 Å². The van der Waals surface area contributed by atoms with E-state index < -0.39 is 0 Å². The van der Waals surface area contributed by atoms with Crippen molar-refractivity contribution in [3.63, 3.8) is 0 Å². The SMILES string of the molecule is CSC1CCCC(NCc2ccc(CC(C)C)cc2)C1. The van der Waals surface area contributed by atoms with Gasteiger partial charge in [0, 0.05) is 17.8 Å². The van der Waals surface area contributed by atoms with Gasteiger partial charge in [0.05, 0.1) is 0 Å². The van der Waals surface area contributed by atoms with Crippen LogP contribution in [-0.2, 0) is 13.0 Å².